The number of para-hydroxylation sites is 1. The van der Waals surface area contributed by atoms with Gasteiger partial charge in [0.25, 0.3) is 5.91 Å². The molecule has 0 radical (unpaired) electrons. The third-order valence-electron chi connectivity index (χ3n) is 5.25. The molecule has 32 heavy (non-hydrogen) atoms. The molecule has 9 heteroatoms. The zero-order valence-electron chi connectivity index (χ0n) is 17.2. The van der Waals surface area contributed by atoms with Crippen LogP contribution in [0.15, 0.2) is 61.1 Å². The van der Waals surface area contributed by atoms with Crippen molar-refractivity contribution in [3.05, 3.63) is 78.4 Å². The van der Waals surface area contributed by atoms with E-state index in [0.29, 0.717) is 25.9 Å². The summed E-state index contributed by atoms with van der Waals surface area (Å²) in [6.07, 6.45) is 3.79. The minimum absolute atomic E-state index is 0.128. The predicted octanol–water partition coefficient (Wildman–Crippen LogP) is 2.95. The van der Waals surface area contributed by atoms with Gasteiger partial charge in [0.05, 0.1) is 6.54 Å². The van der Waals surface area contributed by atoms with Crippen molar-refractivity contribution in [3.63, 3.8) is 0 Å². The van der Waals surface area contributed by atoms with Crippen LogP contribution in [0.3, 0.4) is 0 Å². The number of imidazole rings is 1. The van der Waals surface area contributed by atoms with Gasteiger partial charge >= 0.3 is 0 Å². The number of nitrogens with one attached hydrogen (secondary N) is 1. The molecular weight excluding hydrogens is 418 g/mol. The second kappa shape index (κ2) is 9.59. The van der Waals surface area contributed by atoms with Gasteiger partial charge in [0, 0.05) is 43.9 Å². The van der Waals surface area contributed by atoms with Gasteiger partial charge < -0.3 is 19.5 Å². The topological polar surface area (TPSA) is 76.5 Å². The quantitative estimate of drug-likeness (QED) is 0.640. The molecule has 4 rings (SSSR count). The number of hydrogen-bond donors (Lipinski definition) is 1. The number of benzene rings is 2. The van der Waals surface area contributed by atoms with E-state index >= 15 is 0 Å². The Bertz CT molecular complexity index is 1100. The number of halogens is 2. The van der Waals surface area contributed by atoms with Gasteiger partial charge in [-0.25, -0.2) is 13.8 Å². The molecule has 0 spiro atoms. The third-order valence-corrected chi connectivity index (χ3v) is 5.25. The molecule has 2 heterocycles. The number of carbonyl (C=O) groups is 2. The summed E-state index contributed by atoms with van der Waals surface area (Å²) in [5, 5.41) is 2.60. The van der Waals surface area contributed by atoms with Gasteiger partial charge in [0.15, 0.2) is 11.6 Å². The van der Waals surface area contributed by atoms with Gasteiger partial charge in [-0.05, 0) is 24.3 Å². The van der Waals surface area contributed by atoms with Crippen molar-refractivity contribution in [1.29, 1.82) is 0 Å². The molecule has 1 N–H and O–H groups in total. The van der Waals surface area contributed by atoms with Gasteiger partial charge in [0.1, 0.15) is 23.9 Å². The first-order valence-electron chi connectivity index (χ1n) is 10.3. The fourth-order valence-electron chi connectivity index (χ4n) is 3.51. The van der Waals surface area contributed by atoms with Crippen molar-refractivity contribution >= 4 is 11.8 Å². The molecule has 1 aromatic heterocycles. The minimum atomic E-state index is -0.623. The Morgan fingerprint density at radius 1 is 1.09 bits per heavy atom. The van der Waals surface area contributed by atoms with E-state index < -0.39 is 17.5 Å². The molecule has 0 saturated carbocycles. The summed E-state index contributed by atoms with van der Waals surface area (Å²) in [6, 6.07) is 12.5. The van der Waals surface area contributed by atoms with Crippen LogP contribution in [-0.2, 0) is 4.79 Å². The second-order valence-electron chi connectivity index (χ2n) is 7.46. The predicted molar refractivity (Wildman–Crippen MR) is 112 cm³/mol. The molecular formula is C23H22F2N4O3. The second-order valence-corrected chi connectivity index (χ2v) is 7.46. The fraction of sp³-hybridized carbons (Fsp3) is 0.261. The Kier molecular flexibility index (Phi) is 6.44. The van der Waals surface area contributed by atoms with Crippen LogP contribution in [-0.4, -0.2) is 52.0 Å². The van der Waals surface area contributed by atoms with E-state index in [1.165, 1.54) is 6.33 Å². The Morgan fingerprint density at radius 2 is 1.84 bits per heavy atom. The lowest BCUT2D eigenvalue weighted by Gasteiger charge is -2.32. The van der Waals surface area contributed by atoms with Gasteiger partial charge in [-0.3, -0.25) is 9.59 Å². The minimum Gasteiger partial charge on any atom is -0.487 e. The Hall–Kier alpha value is -3.75. The van der Waals surface area contributed by atoms with Crippen molar-refractivity contribution < 1.29 is 23.1 Å². The molecule has 7 nitrogen and oxygen atoms in total. The highest BCUT2D eigenvalue weighted by molar-refractivity contribution is 5.94. The van der Waals surface area contributed by atoms with Crippen molar-refractivity contribution in [3.8, 4) is 11.4 Å². The fourth-order valence-corrected chi connectivity index (χ4v) is 3.51. The number of amides is 2. The van der Waals surface area contributed by atoms with Crippen LogP contribution in [0.1, 0.15) is 23.3 Å². The van der Waals surface area contributed by atoms with Gasteiger partial charge in [-0.15, -0.1) is 0 Å². The summed E-state index contributed by atoms with van der Waals surface area (Å²) in [6.45, 7) is 0.652. The van der Waals surface area contributed by atoms with Gasteiger partial charge in [-0.1, -0.05) is 18.2 Å². The summed E-state index contributed by atoms with van der Waals surface area (Å²) in [4.78, 5) is 30.5. The summed E-state index contributed by atoms with van der Waals surface area (Å²) in [5.41, 5.74) is 1.09. The molecule has 1 fully saturated rings. The number of aromatic nitrogens is 2. The number of carbonyl (C=O) groups excluding carboxylic acids is 2. The summed E-state index contributed by atoms with van der Waals surface area (Å²) in [5.74, 6) is -1.98. The number of rotatable bonds is 6. The maximum Gasteiger partial charge on any atom is 0.271 e. The first kappa shape index (κ1) is 21.5. The molecule has 2 aromatic carbocycles. The number of ether oxygens (including phenoxy) is 1. The van der Waals surface area contributed by atoms with Crippen LogP contribution >= 0.6 is 0 Å². The molecule has 3 aromatic rings. The molecule has 0 atom stereocenters. The number of likely N-dealkylation sites (tertiary alicyclic amines) is 1. The van der Waals surface area contributed by atoms with E-state index in [1.54, 1.807) is 15.7 Å². The highest BCUT2D eigenvalue weighted by atomic mass is 19.1. The smallest absolute Gasteiger partial charge is 0.271 e. The molecule has 1 saturated heterocycles. The lowest BCUT2D eigenvalue weighted by molar-refractivity contribution is -0.131. The van der Waals surface area contributed by atoms with E-state index in [0.717, 1.165) is 23.9 Å². The number of hydrogen-bond acceptors (Lipinski definition) is 4. The summed E-state index contributed by atoms with van der Waals surface area (Å²) in [7, 11) is 0. The van der Waals surface area contributed by atoms with Crippen LogP contribution in [0.25, 0.3) is 5.69 Å². The van der Waals surface area contributed by atoms with Crippen molar-refractivity contribution in [2.45, 2.75) is 18.9 Å². The lowest BCUT2D eigenvalue weighted by Crippen LogP contribution is -2.46. The maximum atomic E-state index is 13.7. The van der Waals surface area contributed by atoms with E-state index in [-0.39, 0.29) is 30.0 Å². The van der Waals surface area contributed by atoms with E-state index in [2.05, 4.69) is 10.3 Å². The SMILES string of the molecule is O=C(NCC(=O)N1CCC(Oc2cc(F)ccc2F)CC1)c1cn(-c2ccccc2)cn1. The summed E-state index contributed by atoms with van der Waals surface area (Å²) < 4.78 is 34.3. The Labute approximate surface area is 183 Å². The maximum absolute atomic E-state index is 13.7. The average Bonchev–Trinajstić information content (AvgIpc) is 3.31. The number of nitrogens with zero attached hydrogens (tertiary/aromatic N) is 3. The van der Waals surface area contributed by atoms with Crippen LogP contribution in [0, 0.1) is 11.6 Å². The van der Waals surface area contributed by atoms with Crippen LogP contribution in [0.5, 0.6) is 5.75 Å². The average molecular weight is 440 g/mol. The van der Waals surface area contributed by atoms with E-state index in [4.69, 9.17) is 4.74 Å². The zero-order valence-corrected chi connectivity index (χ0v) is 17.2. The lowest BCUT2D eigenvalue weighted by atomic mass is 10.1. The van der Waals surface area contributed by atoms with E-state index in [1.807, 2.05) is 30.3 Å². The van der Waals surface area contributed by atoms with Crippen LogP contribution in [0.2, 0.25) is 0 Å². The molecule has 0 aliphatic carbocycles. The van der Waals surface area contributed by atoms with Gasteiger partial charge in [-0.2, -0.15) is 0 Å². The molecule has 1 aliphatic rings. The molecule has 166 valence electrons. The van der Waals surface area contributed by atoms with Gasteiger partial charge in [0.2, 0.25) is 5.91 Å². The first-order chi connectivity index (χ1) is 15.5. The molecule has 1 aliphatic heterocycles. The van der Waals surface area contributed by atoms with Crippen LogP contribution < -0.4 is 10.1 Å². The van der Waals surface area contributed by atoms with Crippen molar-refractivity contribution in [1.82, 2.24) is 19.8 Å². The zero-order chi connectivity index (χ0) is 22.5. The molecule has 0 unspecified atom stereocenters. The largest absolute Gasteiger partial charge is 0.487 e. The Morgan fingerprint density at radius 3 is 2.59 bits per heavy atom. The first-order valence-corrected chi connectivity index (χ1v) is 10.3. The summed E-state index contributed by atoms with van der Waals surface area (Å²) >= 11 is 0. The normalized spacial score (nSPS) is 14.2. The molecule has 2 amide bonds. The van der Waals surface area contributed by atoms with Crippen molar-refractivity contribution in [2.24, 2.45) is 0 Å². The standard InChI is InChI=1S/C23H22F2N4O3/c24-16-6-7-19(25)21(12-16)32-18-8-10-28(11-9-18)22(30)13-26-23(31)20-14-29(15-27-20)17-4-2-1-3-5-17/h1-7,12,14-15,18H,8-11,13H2,(H,26,31). The van der Waals surface area contributed by atoms with E-state index in [9.17, 15) is 18.4 Å². The highest BCUT2D eigenvalue weighted by Crippen LogP contribution is 2.23. The molecule has 0 bridgehead atoms. The highest BCUT2D eigenvalue weighted by Gasteiger charge is 2.25. The third kappa shape index (κ3) is 5.11. The Balaban J connectivity index is 1.24. The van der Waals surface area contributed by atoms with Crippen molar-refractivity contribution in [2.75, 3.05) is 19.6 Å². The van der Waals surface area contributed by atoms with Crippen LogP contribution in [0.4, 0.5) is 8.78 Å². The monoisotopic (exact) mass is 440 g/mol. The number of piperidine rings is 1.